The van der Waals surface area contributed by atoms with Gasteiger partial charge in [0, 0.05) is 43.1 Å². The molecule has 3 aromatic rings. The van der Waals surface area contributed by atoms with Crippen molar-refractivity contribution in [3.63, 3.8) is 0 Å². The highest BCUT2D eigenvalue weighted by molar-refractivity contribution is 7.09. The molecule has 0 spiro atoms. The maximum absolute atomic E-state index is 5.35. The highest BCUT2D eigenvalue weighted by Gasteiger charge is 2.08. The van der Waals surface area contributed by atoms with Crippen molar-refractivity contribution in [1.82, 2.24) is 24.2 Å². The van der Waals surface area contributed by atoms with Crippen LogP contribution in [0.4, 0.5) is 5.13 Å². The van der Waals surface area contributed by atoms with E-state index in [1.807, 2.05) is 24.4 Å². The second-order valence-electron chi connectivity index (χ2n) is 6.06. The normalized spacial score (nSPS) is 12.0. The highest BCUT2D eigenvalue weighted by Crippen LogP contribution is 2.27. The summed E-state index contributed by atoms with van der Waals surface area (Å²) in [7, 11) is 3.29. The third-order valence-electron chi connectivity index (χ3n) is 4.11. The molecular weight excluding hydrogens is 364 g/mol. The molecule has 0 radical (unpaired) electrons. The van der Waals surface area contributed by atoms with Crippen LogP contribution in [0.5, 0.6) is 11.5 Å². The Morgan fingerprint density at radius 1 is 1.22 bits per heavy atom. The summed E-state index contributed by atoms with van der Waals surface area (Å²) in [5.74, 6) is 2.13. The Labute approximate surface area is 162 Å². The first-order valence-electron chi connectivity index (χ1n) is 8.69. The van der Waals surface area contributed by atoms with Gasteiger partial charge in [-0.25, -0.2) is 4.98 Å². The van der Waals surface area contributed by atoms with Crippen LogP contribution in [0.1, 0.15) is 18.9 Å². The smallest absolute Gasteiger partial charge is 0.248 e. The van der Waals surface area contributed by atoms with E-state index in [1.54, 1.807) is 31.3 Å². The summed E-state index contributed by atoms with van der Waals surface area (Å²) in [6.45, 7) is 3.75. The molecule has 0 saturated carbocycles. The van der Waals surface area contributed by atoms with Gasteiger partial charge >= 0.3 is 0 Å². The molecule has 0 bridgehead atoms. The molecular formula is C18H24N6O2S. The Hall–Kier alpha value is -2.65. The van der Waals surface area contributed by atoms with Crippen molar-refractivity contribution < 1.29 is 9.47 Å². The van der Waals surface area contributed by atoms with Crippen molar-refractivity contribution in [2.24, 2.45) is 0 Å². The molecule has 2 heterocycles. The van der Waals surface area contributed by atoms with Crippen LogP contribution in [0.2, 0.25) is 0 Å². The van der Waals surface area contributed by atoms with Crippen molar-refractivity contribution in [3.05, 3.63) is 42.5 Å². The summed E-state index contributed by atoms with van der Waals surface area (Å²) in [4.78, 5) is 8.45. The summed E-state index contributed by atoms with van der Waals surface area (Å²) in [6.07, 6.45) is 6.19. The fourth-order valence-electron chi connectivity index (χ4n) is 2.55. The monoisotopic (exact) mass is 388 g/mol. The summed E-state index contributed by atoms with van der Waals surface area (Å²) in [6, 6.07) is 6.31. The Kier molecular flexibility index (Phi) is 6.61. The van der Waals surface area contributed by atoms with Gasteiger partial charge in [0.25, 0.3) is 0 Å². The minimum atomic E-state index is 0.353. The van der Waals surface area contributed by atoms with Gasteiger partial charge in [-0.3, -0.25) is 4.57 Å². The summed E-state index contributed by atoms with van der Waals surface area (Å²) < 4.78 is 16.7. The Morgan fingerprint density at radius 2 is 2.07 bits per heavy atom. The molecule has 0 fully saturated rings. The number of anilines is 1. The first-order valence-corrected chi connectivity index (χ1v) is 9.47. The summed E-state index contributed by atoms with van der Waals surface area (Å²) in [5, 5.41) is 7.66. The lowest BCUT2D eigenvalue weighted by Gasteiger charge is -2.15. The lowest BCUT2D eigenvalue weighted by atomic mass is 10.1. The topological polar surface area (TPSA) is 86.1 Å². The number of aromatic nitrogens is 4. The molecule has 0 saturated heterocycles. The van der Waals surface area contributed by atoms with Crippen LogP contribution in [0.15, 0.2) is 36.9 Å². The molecule has 1 atom stereocenters. The number of ether oxygens (including phenoxy) is 2. The van der Waals surface area contributed by atoms with E-state index in [2.05, 4.69) is 31.9 Å². The van der Waals surface area contributed by atoms with E-state index in [9.17, 15) is 0 Å². The number of imidazole rings is 1. The van der Waals surface area contributed by atoms with Crippen LogP contribution in [-0.2, 0) is 6.54 Å². The van der Waals surface area contributed by atoms with Gasteiger partial charge in [0.15, 0.2) is 11.5 Å². The van der Waals surface area contributed by atoms with Gasteiger partial charge in [0.1, 0.15) is 6.33 Å². The fourth-order valence-corrected chi connectivity index (χ4v) is 3.14. The average Bonchev–Trinajstić information content (AvgIpc) is 3.37. The second-order valence-corrected chi connectivity index (χ2v) is 6.81. The number of methoxy groups -OCH3 is 2. The molecule has 0 aliphatic heterocycles. The Balaban J connectivity index is 1.42. The number of nitrogens with zero attached hydrogens (tertiary/aromatic N) is 4. The molecule has 0 aliphatic rings. The van der Waals surface area contributed by atoms with E-state index in [0.717, 1.165) is 41.7 Å². The lowest BCUT2D eigenvalue weighted by molar-refractivity contribution is 0.354. The number of rotatable bonds is 10. The zero-order valence-corrected chi connectivity index (χ0v) is 16.5. The lowest BCUT2D eigenvalue weighted by Crippen LogP contribution is -2.27. The largest absolute Gasteiger partial charge is 0.493 e. The molecule has 27 heavy (non-hydrogen) atoms. The van der Waals surface area contributed by atoms with Gasteiger partial charge in [-0.05, 0) is 31.0 Å². The van der Waals surface area contributed by atoms with Crippen molar-refractivity contribution in [2.75, 3.05) is 26.1 Å². The second kappa shape index (κ2) is 9.33. The fraction of sp³-hybridized carbons (Fsp3) is 0.389. The van der Waals surface area contributed by atoms with E-state index in [0.29, 0.717) is 12.0 Å². The van der Waals surface area contributed by atoms with Crippen LogP contribution in [-0.4, -0.2) is 45.7 Å². The predicted molar refractivity (Wildman–Crippen MR) is 106 cm³/mol. The number of benzene rings is 1. The molecule has 0 aliphatic carbocycles. The molecule has 3 rings (SSSR count). The number of hydrogen-bond donors (Lipinski definition) is 2. The standard InChI is InChI=1S/C18H24N6O2S/c1-13(21-11-14-4-5-15(25-2)16(10-14)26-3)6-7-20-18-22-17(23-27-18)24-9-8-19-12-24/h4-5,8-10,12-13,21H,6-7,11H2,1-3H3,(H,20,22,23). The van der Waals surface area contributed by atoms with E-state index in [1.165, 1.54) is 11.5 Å². The van der Waals surface area contributed by atoms with Crippen molar-refractivity contribution >= 4 is 16.7 Å². The molecule has 9 heteroatoms. The van der Waals surface area contributed by atoms with Gasteiger partial charge in [-0.2, -0.15) is 9.36 Å². The van der Waals surface area contributed by atoms with Crippen molar-refractivity contribution in [3.8, 4) is 17.4 Å². The minimum absolute atomic E-state index is 0.353. The molecule has 2 aromatic heterocycles. The van der Waals surface area contributed by atoms with E-state index in [-0.39, 0.29) is 0 Å². The summed E-state index contributed by atoms with van der Waals surface area (Å²) >= 11 is 1.35. The van der Waals surface area contributed by atoms with Gasteiger partial charge in [-0.15, -0.1) is 0 Å². The van der Waals surface area contributed by atoms with Crippen molar-refractivity contribution in [1.29, 1.82) is 0 Å². The quantitative estimate of drug-likeness (QED) is 0.552. The molecule has 1 aromatic carbocycles. The number of hydrogen-bond acceptors (Lipinski definition) is 8. The molecule has 144 valence electrons. The van der Waals surface area contributed by atoms with Crippen molar-refractivity contribution in [2.45, 2.75) is 25.9 Å². The van der Waals surface area contributed by atoms with E-state index >= 15 is 0 Å². The van der Waals surface area contributed by atoms with E-state index < -0.39 is 0 Å². The third kappa shape index (κ3) is 5.18. The molecule has 1 unspecified atom stereocenters. The molecule has 8 nitrogen and oxygen atoms in total. The van der Waals surface area contributed by atoms with Crippen LogP contribution >= 0.6 is 11.5 Å². The first-order chi connectivity index (χ1) is 13.2. The van der Waals surface area contributed by atoms with Gasteiger partial charge in [0.05, 0.1) is 14.2 Å². The van der Waals surface area contributed by atoms with Crippen LogP contribution in [0.3, 0.4) is 0 Å². The maximum Gasteiger partial charge on any atom is 0.248 e. The van der Waals surface area contributed by atoms with Crippen LogP contribution in [0, 0.1) is 0 Å². The maximum atomic E-state index is 5.35. The van der Waals surface area contributed by atoms with Gasteiger partial charge in [-0.1, -0.05) is 6.07 Å². The van der Waals surface area contributed by atoms with Crippen LogP contribution in [0.25, 0.3) is 5.95 Å². The zero-order valence-electron chi connectivity index (χ0n) is 15.7. The number of nitrogens with one attached hydrogen (secondary N) is 2. The highest BCUT2D eigenvalue weighted by atomic mass is 32.1. The van der Waals surface area contributed by atoms with Gasteiger partial charge < -0.3 is 20.1 Å². The first kappa shape index (κ1) is 19.1. The Morgan fingerprint density at radius 3 is 2.81 bits per heavy atom. The van der Waals surface area contributed by atoms with E-state index in [4.69, 9.17) is 9.47 Å². The zero-order chi connectivity index (χ0) is 19.1. The Bertz CT molecular complexity index is 836. The van der Waals surface area contributed by atoms with Crippen LogP contribution < -0.4 is 20.1 Å². The predicted octanol–water partition coefficient (Wildman–Crippen LogP) is 2.72. The van der Waals surface area contributed by atoms with Gasteiger partial charge in [0.2, 0.25) is 11.1 Å². The third-order valence-corrected chi connectivity index (χ3v) is 4.77. The molecule has 2 N–H and O–H groups in total. The summed E-state index contributed by atoms with van der Waals surface area (Å²) in [5.41, 5.74) is 1.15. The average molecular weight is 388 g/mol. The minimum Gasteiger partial charge on any atom is -0.493 e. The SMILES string of the molecule is COc1ccc(CNC(C)CCNc2nc(-n3ccnc3)ns2)cc1OC. The molecule has 0 amide bonds.